The summed E-state index contributed by atoms with van der Waals surface area (Å²) in [7, 11) is 0. The van der Waals surface area contributed by atoms with E-state index in [4.69, 9.17) is 10.3 Å². The number of nitrogens with two attached hydrogens (primary N) is 1. The average Bonchev–Trinajstić information content (AvgIpc) is 3.49. The number of primary amides is 1. The van der Waals surface area contributed by atoms with E-state index >= 15 is 0 Å². The van der Waals surface area contributed by atoms with E-state index in [0.717, 1.165) is 15.3 Å². The van der Waals surface area contributed by atoms with Crippen molar-refractivity contribution in [1.29, 1.82) is 0 Å². The number of amides is 1. The smallest absolute Gasteiger partial charge is 0.258 e. The van der Waals surface area contributed by atoms with Gasteiger partial charge in [-0.3, -0.25) is 4.79 Å². The number of nitrogens with zero attached hydrogens (tertiary/aromatic N) is 3. The van der Waals surface area contributed by atoms with E-state index < -0.39 is 5.91 Å². The van der Waals surface area contributed by atoms with Crippen LogP contribution in [0.4, 0.5) is 9.52 Å². The molecule has 2 aromatic heterocycles. The molecule has 2 aromatic carbocycles. The first kappa shape index (κ1) is 20.9. The van der Waals surface area contributed by atoms with Crippen molar-refractivity contribution < 1.29 is 13.7 Å². The zero-order chi connectivity index (χ0) is 21.8. The molecular formula is C22H22FN5O2S. The van der Waals surface area contributed by atoms with Gasteiger partial charge in [-0.1, -0.05) is 41.5 Å². The molecule has 0 unspecified atom stereocenters. The quantitative estimate of drug-likeness (QED) is 0.467. The van der Waals surface area contributed by atoms with Crippen LogP contribution in [-0.2, 0) is 0 Å². The topological polar surface area (TPSA) is 107 Å². The zero-order valence-electron chi connectivity index (χ0n) is 17.0. The maximum Gasteiger partial charge on any atom is 0.258 e. The number of nitrogens with one attached hydrogen (secondary N) is 1. The van der Waals surface area contributed by atoms with E-state index in [1.54, 1.807) is 43.3 Å². The summed E-state index contributed by atoms with van der Waals surface area (Å²) >= 11 is 1.54. The van der Waals surface area contributed by atoms with Crippen molar-refractivity contribution in [3.05, 3.63) is 59.7 Å². The SMILES string of the molecule is Cc1noc(-c2ccccc2C(N)=O)n1.Fc1ccc2nc(NC3CCCC3)sc2c1. The Hall–Kier alpha value is -3.33. The Morgan fingerprint density at radius 1 is 1.19 bits per heavy atom. The van der Waals surface area contributed by atoms with Crippen LogP contribution in [-0.4, -0.2) is 27.1 Å². The van der Waals surface area contributed by atoms with Crippen molar-refractivity contribution in [3.8, 4) is 11.5 Å². The molecule has 0 atom stereocenters. The highest BCUT2D eigenvalue weighted by Crippen LogP contribution is 2.29. The summed E-state index contributed by atoms with van der Waals surface area (Å²) in [6.45, 7) is 1.71. The molecule has 31 heavy (non-hydrogen) atoms. The van der Waals surface area contributed by atoms with E-state index in [9.17, 15) is 9.18 Å². The predicted octanol–water partition coefficient (Wildman–Crippen LogP) is 4.93. The minimum absolute atomic E-state index is 0.191. The Balaban J connectivity index is 0.000000150. The van der Waals surface area contributed by atoms with Crippen molar-refractivity contribution in [2.24, 2.45) is 5.73 Å². The van der Waals surface area contributed by atoms with Gasteiger partial charge in [0.05, 0.1) is 21.3 Å². The highest BCUT2D eigenvalue weighted by atomic mass is 32.1. The van der Waals surface area contributed by atoms with Crippen LogP contribution in [0.15, 0.2) is 47.0 Å². The largest absolute Gasteiger partial charge is 0.366 e. The second kappa shape index (κ2) is 9.22. The Labute approximate surface area is 182 Å². The molecule has 3 N–H and O–H groups in total. The fraction of sp³-hybridized carbons (Fsp3) is 0.273. The van der Waals surface area contributed by atoms with Gasteiger partial charge >= 0.3 is 0 Å². The molecule has 0 bridgehead atoms. The molecule has 4 aromatic rings. The number of aryl methyl sites for hydroxylation is 1. The minimum Gasteiger partial charge on any atom is -0.366 e. The first-order chi connectivity index (χ1) is 15.0. The van der Waals surface area contributed by atoms with Gasteiger partial charge in [-0.15, -0.1) is 0 Å². The van der Waals surface area contributed by atoms with Gasteiger partial charge in [-0.2, -0.15) is 4.98 Å². The summed E-state index contributed by atoms with van der Waals surface area (Å²) < 4.78 is 18.9. The van der Waals surface area contributed by atoms with E-state index in [2.05, 4.69) is 20.4 Å². The summed E-state index contributed by atoms with van der Waals surface area (Å²) in [4.78, 5) is 19.6. The van der Waals surface area contributed by atoms with Crippen molar-refractivity contribution in [2.45, 2.75) is 38.6 Å². The molecule has 7 nitrogen and oxygen atoms in total. The van der Waals surface area contributed by atoms with Crippen LogP contribution in [0.2, 0.25) is 0 Å². The lowest BCUT2D eigenvalue weighted by Gasteiger charge is -2.09. The lowest BCUT2D eigenvalue weighted by molar-refractivity contribution is 0.100. The Bertz CT molecular complexity index is 1200. The third kappa shape index (κ3) is 5.05. The van der Waals surface area contributed by atoms with Crippen LogP contribution >= 0.6 is 11.3 Å². The molecule has 1 aliphatic rings. The van der Waals surface area contributed by atoms with Crippen LogP contribution < -0.4 is 11.1 Å². The second-order valence-electron chi connectivity index (χ2n) is 7.31. The van der Waals surface area contributed by atoms with Crippen molar-refractivity contribution in [2.75, 3.05) is 5.32 Å². The maximum absolute atomic E-state index is 13.0. The van der Waals surface area contributed by atoms with Crippen LogP contribution in [0.25, 0.3) is 21.7 Å². The first-order valence-corrected chi connectivity index (χ1v) is 10.8. The lowest BCUT2D eigenvalue weighted by Crippen LogP contribution is -2.13. The van der Waals surface area contributed by atoms with Crippen LogP contribution in [0.3, 0.4) is 0 Å². The number of hydrogen-bond donors (Lipinski definition) is 2. The van der Waals surface area contributed by atoms with Crippen molar-refractivity contribution in [3.63, 3.8) is 0 Å². The van der Waals surface area contributed by atoms with Gasteiger partial charge in [0.1, 0.15) is 5.82 Å². The summed E-state index contributed by atoms with van der Waals surface area (Å²) in [5, 5.41) is 8.01. The molecule has 5 rings (SSSR count). The van der Waals surface area contributed by atoms with Gasteiger partial charge in [-0.25, -0.2) is 9.37 Å². The molecule has 2 heterocycles. The number of carbonyl (C=O) groups excluding carboxylic acids is 1. The van der Waals surface area contributed by atoms with Crippen molar-refractivity contribution in [1.82, 2.24) is 15.1 Å². The third-order valence-electron chi connectivity index (χ3n) is 4.98. The molecule has 160 valence electrons. The molecule has 1 aliphatic carbocycles. The Morgan fingerprint density at radius 3 is 2.68 bits per heavy atom. The monoisotopic (exact) mass is 439 g/mol. The number of rotatable bonds is 4. The molecular weight excluding hydrogens is 417 g/mol. The third-order valence-corrected chi connectivity index (χ3v) is 5.93. The summed E-state index contributed by atoms with van der Waals surface area (Å²) in [6.07, 6.45) is 5.06. The molecule has 0 spiro atoms. The van der Waals surface area contributed by atoms with E-state index in [1.165, 1.54) is 43.1 Å². The fourth-order valence-corrected chi connectivity index (χ4v) is 4.46. The number of aromatic nitrogens is 3. The highest BCUT2D eigenvalue weighted by Gasteiger charge is 2.16. The standard InChI is InChI=1S/C12H13FN2S.C10H9N3O2/c13-8-5-6-10-11(7-8)16-12(15-10)14-9-3-1-2-4-9;1-6-12-10(15-13-6)8-5-3-2-4-7(8)9(11)14/h5-7,9H,1-4H2,(H,14,15);2-5H,1H3,(H2,11,14). The molecule has 0 radical (unpaired) electrons. The number of carbonyl (C=O) groups is 1. The number of anilines is 1. The van der Waals surface area contributed by atoms with Gasteiger partial charge < -0.3 is 15.6 Å². The fourth-order valence-electron chi connectivity index (χ4n) is 3.50. The zero-order valence-corrected chi connectivity index (χ0v) is 17.8. The number of fused-ring (bicyclic) bond motifs is 1. The number of benzene rings is 2. The molecule has 1 amide bonds. The number of halogens is 1. The van der Waals surface area contributed by atoms with E-state index in [1.807, 2.05) is 0 Å². The van der Waals surface area contributed by atoms with Gasteiger partial charge in [0, 0.05) is 6.04 Å². The van der Waals surface area contributed by atoms with Gasteiger partial charge in [0.25, 0.3) is 5.89 Å². The lowest BCUT2D eigenvalue weighted by atomic mass is 10.1. The summed E-state index contributed by atoms with van der Waals surface area (Å²) in [6, 6.07) is 12.2. The van der Waals surface area contributed by atoms with Crippen LogP contribution in [0.5, 0.6) is 0 Å². The Kier molecular flexibility index (Phi) is 6.22. The van der Waals surface area contributed by atoms with Gasteiger partial charge in [-0.05, 0) is 50.1 Å². The number of hydrogen-bond acceptors (Lipinski definition) is 7. The van der Waals surface area contributed by atoms with Gasteiger partial charge in [0.2, 0.25) is 5.91 Å². The first-order valence-electron chi connectivity index (χ1n) is 10.0. The second-order valence-corrected chi connectivity index (χ2v) is 8.34. The summed E-state index contributed by atoms with van der Waals surface area (Å²) in [5.41, 5.74) is 7.05. The Morgan fingerprint density at radius 2 is 1.97 bits per heavy atom. The van der Waals surface area contributed by atoms with E-state index in [-0.39, 0.29) is 5.82 Å². The molecule has 0 saturated heterocycles. The van der Waals surface area contributed by atoms with Crippen molar-refractivity contribution >= 4 is 32.6 Å². The molecule has 9 heteroatoms. The predicted molar refractivity (Wildman–Crippen MR) is 118 cm³/mol. The average molecular weight is 440 g/mol. The minimum atomic E-state index is -0.513. The van der Waals surface area contributed by atoms with E-state index in [0.29, 0.717) is 28.9 Å². The maximum atomic E-state index is 13.0. The number of thiazole rings is 1. The molecule has 1 fully saturated rings. The summed E-state index contributed by atoms with van der Waals surface area (Å²) in [5.74, 6) is 0.121. The van der Waals surface area contributed by atoms with Crippen LogP contribution in [0.1, 0.15) is 41.9 Å². The van der Waals surface area contributed by atoms with Gasteiger partial charge in [0.15, 0.2) is 11.0 Å². The van der Waals surface area contributed by atoms with Crippen LogP contribution in [0, 0.1) is 12.7 Å². The molecule has 0 aliphatic heterocycles. The normalized spacial score (nSPS) is 13.7. The molecule has 1 saturated carbocycles. The highest BCUT2D eigenvalue weighted by molar-refractivity contribution is 7.22.